The van der Waals surface area contributed by atoms with Crippen molar-refractivity contribution in [1.29, 1.82) is 0 Å². The van der Waals surface area contributed by atoms with Crippen molar-refractivity contribution in [2.75, 3.05) is 34.4 Å². The van der Waals surface area contributed by atoms with E-state index in [-0.39, 0.29) is 24.0 Å². The van der Waals surface area contributed by atoms with Crippen LogP contribution < -0.4 is 25.4 Å². The highest BCUT2D eigenvalue weighted by molar-refractivity contribution is 14.0. The van der Waals surface area contributed by atoms with E-state index in [1.54, 1.807) is 21.3 Å². The van der Waals surface area contributed by atoms with Crippen LogP contribution in [0.2, 0.25) is 0 Å². The first kappa shape index (κ1) is 28.1. The van der Waals surface area contributed by atoms with Gasteiger partial charge in [0.2, 0.25) is 0 Å². The number of aliphatic imine (C=N–C) groups is 1. The standard InChI is InChI=1S/C21H36N4O4.HI/c1-20(2,3)29-19(26)25-21(4,5)14-24-18(22-6)23-12-11-15-9-10-16(27-7)17(13-15)28-8;/h9-10,13H,11-12,14H2,1-8H3,(H,25,26)(H2,22,23,24);1H. The van der Waals surface area contributed by atoms with E-state index >= 15 is 0 Å². The molecule has 1 rings (SSSR count). The zero-order valence-corrected chi connectivity index (χ0v) is 21.7. The van der Waals surface area contributed by atoms with Gasteiger partial charge in [0.05, 0.1) is 19.8 Å². The molecule has 9 heteroatoms. The van der Waals surface area contributed by atoms with E-state index in [0.717, 1.165) is 12.0 Å². The molecule has 0 saturated heterocycles. The molecule has 172 valence electrons. The zero-order valence-electron chi connectivity index (χ0n) is 19.3. The molecule has 0 unspecified atom stereocenters. The van der Waals surface area contributed by atoms with Crippen molar-refractivity contribution in [3.8, 4) is 11.5 Å². The Bertz CT molecular complexity index is 703. The molecule has 0 radical (unpaired) electrons. The molecule has 3 N–H and O–H groups in total. The Kier molecular flexibility index (Phi) is 11.9. The number of rotatable bonds is 8. The Morgan fingerprint density at radius 2 is 1.67 bits per heavy atom. The second-order valence-corrected chi connectivity index (χ2v) is 8.30. The van der Waals surface area contributed by atoms with Gasteiger partial charge in [-0.2, -0.15) is 0 Å². The molecule has 0 heterocycles. The normalized spacial score (nSPS) is 11.8. The molecule has 1 aromatic rings. The number of hydrogen-bond donors (Lipinski definition) is 3. The van der Waals surface area contributed by atoms with Crippen LogP contribution in [0, 0.1) is 0 Å². The number of benzene rings is 1. The summed E-state index contributed by atoms with van der Waals surface area (Å²) in [6.45, 7) is 10.5. The summed E-state index contributed by atoms with van der Waals surface area (Å²) in [6, 6.07) is 5.86. The summed E-state index contributed by atoms with van der Waals surface area (Å²) in [5, 5.41) is 9.37. The van der Waals surface area contributed by atoms with Crippen LogP contribution in [0.25, 0.3) is 0 Å². The van der Waals surface area contributed by atoms with Crippen LogP contribution in [0.1, 0.15) is 40.2 Å². The van der Waals surface area contributed by atoms with Crippen LogP contribution >= 0.6 is 24.0 Å². The van der Waals surface area contributed by atoms with Crippen molar-refractivity contribution in [3.63, 3.8) is 0 Å². The van der Waals surface area contributed by atoms with Gasteiger partial charge in [0.1, 0.15) is 5.60 Å². The smallest absolute Gasteiger partial charge is 0.408 e. The van der Waals surface area contributed by atoms with Gasteiger partial charge in [-0.25, -0.2) is 4.79 Å². The van der Waals surface area contributed by atoms with Crippen LogP contribution in [0.5, 0.6) is 11.5 Å². The number of carbonyl (C=O) groups excluding carboxylic acids is 1. The van der Waals surface area contributed by atoms with Gasteiger partial charge in [-0.3, -0.25) is 4.99 Å². The van der Waals surface area contributed by atoms with Gasteiger partial charge < -0.3 is 30.2 Å². The van der Waals surface area contributed by atoms with Crippen molar-refractivity contribution >= 4 is 36.0 Å². The topological polar surface area (TPSA) is 93.2 Å². The third-order valence-electron chi connectivity index (χ3n) is 3.91. The number of nitrogens with zero attached hydrogens (tertiary/aromatic N) is 1. The quantitative estimate of drug-likeness (QED) is 0.268. The van der Waals surface area contributed by atoms with Crippen molar-refractivity contribution < 1.29 is 19.0 Å². The molecule has 0 aliphatic heterocycles. The molecular weight excluding hydrogens is 499 g/mol. The molecule has 0 aliphatic carbocycles. The van der Waals surface area contributed by atoms with Crippen molar-refractivity contribution in [2.24, 2.45) is 4.99 Å². The van der Waals surface area contributed by atoms with E-state index in [4.69, 9.17) is 14.2 Å². The molecule has 1 amide bonds. The van der Waals surface area contributed by atoms with Gasteiger partial charge in [0, 0.05) is 20.1 Å². The minimum Gasteiger partial charge on any atom is -0.493 e. The number of ether oxygens (including phenoxy) is 3. The number of carbonyl (C=O) groups is 1. The lowest BCUT2D eigenvalue weighted by Crippen LogP contribution is -2.54. The fraction of sp³-hybridized carbons (Fsp3) is 0.619. The Morgan fingerprint density at radius 3 is 2.20 bits per heavy atom. The van der Waals surface area contributed by atoms with Crippen molar-refractivity contribution in [2.45, 2.75) is 52.2 Å². The minimum atomic E-state index is -0.532. The Morgan fingerprint density at radius 1 is 1.03 bits per heavy atom. The van der Waals surface area contributed by atoms with E-state index in [2.05, 4.69) is 20.9 Å². The highest BCUT2D eigenvalue weighted by Crippen LogP contribution is 2.27. The van der Waals surface area contributed by atoms with Gasteiger partial charge in [-0.15, -0.1) is 24.0 Å². The predicted octanol–water partition coefficient (Wildman–Crippen LogP) is 3.33. The lowest BCUT2D eigenvalue weighted by atomic mass is 10.1. The molecule has 0 bridgehead atoms. The average Bonchev–Trinajstić information content (AvgIpc) is 2.62. The van der Waals surface area contributed by atoms with E-state index < -0.39 is 17.2 Å². The number of alkyl carbamates (subject to hydrolysis) is 1. The number of nitrogens with one attached hydrogen (secondary N) is 3. The molecule has 0 spiro atoms. The van der Waals surface area contributed by atoms with Gasteiger partial charge in [-0.05, 0) is 58.7 Å². The molecular formula is C21H37IN4O4. The highest BCUT2D eigenvalue weighted by atomic mass is 127. The fourth-order valence-corrected chi connectivity index (χ4v) is 2.51. The second-order valence-electron chi connectivity index (χ2n) is 8.30. The third kappa shape index (κ3) is 10.7. The third-order valence-corrected chi connectivity index (χ3v) is 3.91. The maximum Gasteiger partial charge on any atom is 0.408 e. The maximum absolute atomic E-state index is 12.0. The van der Waals surface area contributed by atoms with Crippen LogP contribution in [0.4, 0.5) is 4.79 Å². The lowest BCUT2D eigenvalue weighted by molar-refractivity contribution is 0.0474. The highest BCUT2D eigenvalue weighted by Gasteiger charge is 2.24. The Balaban J connectivity index is 0.00000841. The zero-order chi connectivity index (χ0) is 22.1. The SMILES string of the molecule is CN=C(NCCc1ccc(OC)c(OC)c1)NCC(C)(C)NC(=O)OC(C)(C)C.I. The first-order valence-electron chi connectivity index (χ1n) is 9.66. The average molecular weight is 536 g/mol. The van der Waals surface area contributed by atoms with Crippen LogP contribution in [-0.2, 0) is 11.2 Å². The summed E-state index contributed by atoms with van der Waals surface area (Å²) in [4.78, 5) is 16.2. The van der Waals surface area contributed by atoms with E-state index in [0.29, 0.717) is 30.5 Å². The molecule has 0 aliphatic rings. The van der Waals surface area contributed by atoms with Crippen LogP contribution in [0.3, 0.4) is 0 Å². The lowest BCUT2D eigenvalue weighted by Gasteiger charge is -2.29. The summed E-state index contributed by atoms with van der Waals surface area (Å²) >= 11 is 0. The molecule has 0 fully saturated rings. The first-order valence-corrected chi connectivity index (χ1v) is 9.66. The molecule has 30 heavy (non-hydrogen) atoms. The number of hydrogen-bond acceptors (Lipinski definition) is 5. The molecule has 0 aromatic heterocycles. The summed E-state index contributed by atoms with van der Waals surface area (Å²) in [7, 11) is 4.95. The van der Waals surface area contributed by atoms with Crippen molar-refractivity contribution in [3.05, 3.63) is 23.8 Å². The summed E-state index contributed by atoms with van der Waals surface area (Å²) in [5.74, 6) is 2.08. The van der Waals surface area contributed by atoms with E-state index in [1.165, 1.54) is 0 Å². The maximum atomic E-state index is 12.0. The van der Waals surface area contributed by atoms with E-state index in [9.17, 15) is 4.79 Å². The number of methoxy groups -OCH3 is 2. The molecule has 1 aromatic carbocycles. The summed E-state index contributed by atoms with van der Waals surface area (Å²) < 4.78 is 15.9. The fourth-order valence-electron chi connectivity index (χ4n) is 2.51. The number of guanidine groups is 1. The summed E-state index contributed by atoms with van der Waals surface area (Å²) in [5.41, 5.74) is 0.0797. The van der Waals surface area contributed by atoms with Crippen LogP contribution in [-0.4, -0.2) is 57.5 Å². The van der Waals surface area contributed by atoms with Gasteiger partial charge >= 0.3 is 6.09 Å². The van der Waals surface area contributed by atoms with Crippen molar-refractivity contribution in [1.82, 2.24) is 16.0 Å². The van der Waals surface area contributed by atoms with Gasteiger partial charge in [0.25, 0.3) is 0 Å². The number of amides is 1. The van der Waals surface area contributed by atoms with Gasteiger partial charge in [-0.1, -0.05) is 6.07 Å². The largest absolute Gasteiger partial charge is 0.493 e. The monoisotopic (exact) mass is 536 g/mol. The number of halogens is 1. The Labute approximate surface area is 197 Å². The second kappa shape index (κ2) is 12.7. The summed E-state index contributed by atoms with van der Waals surface area (Å²) in [6.07, 6.45) is 0.348. The predicted molar refractivity (Wildman–Crippen MR) is 131 cm³/mol. The Hall–Kier alpha value is -1.91. The minimum absolute atomic E-state index is 0. The van der Waals surface area contributed by atoms with Gasteiger partial charge in [0.15, 0.2) is 17.5 Å². The van der Waals surface area contributed by atoms with Crippen LogP contribution in [0.15, 0.2) is 23.2 Å². The molecule has 8 nitrogen and oxygen atoms in total. The molecule has 0 atom stereocenters. The van der Waals surface area contributed by atoms with E-state index in [1.807, 2.05) is 52.8 Å². The molecule has 0 saturated carbocycles. The first-order chi connectivity index (χ1) is 13.5.